The van der Waals surface area contributed by atoms with Crippen LogP contribution in [-0.4, -0.2) is 40.3 Å². The first kappa shape index (κ1) is 23.9. The van der Waals surface area contributed by atoms with Crippen molar-refractivity contribution in [3.8, 4) is 17.2 Å². The van der Waals surface area contributed by atoms with Crippen LogP contribution in [0, 0.1) is 6.92 Å². The fourth-order valence-corrected chi connectivity index (χ4v) is 4.07. The molecule has 8 nitrogen and oxygen atoms in total. The van der Waals surface area contributed by atoms with Crippen molar-refractivity contribution in [2.75, 3.05) is 29.5 Å². The van der Waals surface area contributed by atoms with Gasteiger partial charge in [0.05, 0.1) is 25.6 Å². The number of benzene rings is 3. The third-order valence-electron chi connectivity index (χ3n) is 4.88. The van der Waals surface area contributed by atoms with E-state index in [0.717, 1.165) is 16.1 Å². The maximum absolute atomic E-state index is 12.5. The maximum Gasteiger partial charge on any atom is 0.241 e. The standard InChI is InChI=1S/C24H27N3O5S/c1-17-7-11-20(12-8-17)32-21-13-9-19(10-14-21)27(33(3,29)30)16-23(24(25)28)26-18-5-4-6-22(15-18)31-2/h4-15,23,26H,16H2,1-3H3,(H2,25,28)/t23-/m0/s1. The average Bonchev–Trinajstić information content (AvgIpc) is 2.78. The second-order valence-electron chi connectivity index (χ2n) is 7.53. The largest absolute Gasteiger partial charge is 0.497 e. The summed E-state index contributed by atoms with van der Waals surface area (Å²) in [4.78, 5) is 12.1. The van der Waals surface area contributed by atoms with Gasteiger partial charge in [-0.15, -0.1) is 0 Å². The number of nitrogens with zero attached hydrogens (tertiary/aromatic N) is 1. The van der Waals surface area contributed by atoms with Gasteiger partial charge in [0.1, 0.15) is 23.3 Å². The lowest BCUT2D eigenvalue weighted by Gasteiger charge is -2.27. The lowest BCUT2D eigenvalue weighted by molar-refractivity contribution is -0.118. The Labute approximate surface area is 194 Å². The second-order valence-corrected chi connectivity index (χ2v) is 9.44. The molecule has 3 N–H and O–H groups in total. The Morgan fingerprint density at radius 3 is 2.15 bits per heavy atom. The summed E-state index contributed by atoms with van der Waals surface area (Å²) in [5.74, 6) is 1.12. The molecule has 0 saturated carbocycles. The normalized spacial score (nSPS) is 12.0. The third-order valence-corrected chi connectivity index (χ3v) is 6.04. The summed E-state index contributed by atoms with van der Waals surface area (Å²) < 4.78 is 37.2. The molecule has 0 spiro atoms. The Bertz CT molecular complexity index is 1200. The van der Waals surface area contributed by atoms with Crippen molar-refractivity contribution in [3.05, 3.63) is 78.4 Å². The molecule has 33 heavy (non-hydrogen) atoms. The highest BCUT2D eigenvalue weighted by Crippen LogP contribution is 2.26. The molecule has 0 saturated heterocycles. The zero-order valence-electron chi connectivity index (χ0n) is 18.7. The van der Waals surface area contributed by atoms with E-state index in [1.54, 1.807) is 48.5 Å². The van der Waals surface area contributed by atoms with Crippen LogP contribution in [-0.2, 0) is 14.8 Å². The summed E-state index contributed by atoms with van der Waals surface area (Å²) >= 11 is 0. The number of amides is 1. The number of methoxy groups -OCH3 is 1. The number of primary amides is 1. The maximum atomic E-state index is 12.5. The van der Waals surface area contributed by atoms with Crippen molar-refractivity contribution in [2.24, 2.45) is 5.73 Å². The molecule has 0 aliphatic rings. The number of carbonyl (C=O) groups is 1. The first-order valence-corrected chi connectivity index (χ1v) is 12.0. The molecule has 0 aromatic heterocycles. The van der Waals surface area contributed by atoms with E-state index in [2.05, 4.69) is 5.32 Å². The molecule has 0 heterocycles. The van der Waals surface area contributed by atoms with Gasteiger partial charge in [0.2, 0.25) is 15.9 Å². The van der Waals surface area contributed by atoms with Gasteiger partial charge < -0.3 is 20.5 Å². The Morgan fingerprint density at radius 2 is 1.61 bits per heavy atom. The van der Waals surface area contributed by atoms with E-state index in [4.69, 9.17) is 15.2 Å². The molecule has 0 aliphatic heterocycles. The van der Waals surface area contributed by atoms with Gasteiger partial charge in [-0.2, -0.15) is 0 Å². The Balaban J connectivity index is 1.80. The third kappa shape index (κ3) is 6.63. The van der Waals surface area contributed by atoms with Crippen LogP contribution in [0.25, 0.3) is 0 Å². The number of anilines is 2. The van der Waals surface area contributed by atoms with Gasteiger partial charge >= 0.3 is 0 Å². The number of hydrogen-bond acceptors (Lipinski definition) is 6. The van der Waals surface area contributed by atoms with Crippen LogP contribution >= 0.6 is 0 Å². The van der Waals surface area contributed by atoms with E-state index in [0.29, 0.717) is 28.6 Å². The van der Waals surface area contributed by atoms with E-state index in [1.807, 2.05) is 31.2 Å². The minimum Gasteiger partial charge on any atom is -0.497 e. The number of hydrogen-bond donors (Lipinski definition) is 2. The smallest absolute Gasteiger partial charge is 0.241 e. The molecular weight excluding hydrogens is 442 g/mol. The molecule has 3 aromatic rings. The minimum atomic E-state index is -3.71. The zero-order valence-corrected chi connectivity index (χ0v) is 19.5. The van der Waals surface area contributed by atoms with Crippen LogP contribution in [0.1, 0.15) is 5.56 Å². The number of aryl methyl sites for hydroxylation is 1. The first-order valence-electron chi connectivity index (χ1n) is 10.2. The molecule has 174 valence electrons. The predicted molar refractivity (Wildman–Crippen MR) is 129 cm³/mol. The highest BCUT2D eigenvalue weighted by Gasteiger charge is 2.25. The summed E-state index contributed by atoms with van der Waals surface area (Å²) in [5, 5.41) is 2.99. The van der Waals surface area contributed by atoms with Gasteiger partial charge in [0.15, 0.2) is 0 Å². The fraction of sp³-hybridized carbons (Fsp3) is 0.208. The van der Waals surface area contributed by atoms with Crippen molar-refractivity contribution in [2.45, 2.75) is 13.0 Å². The number of nitrogens with one attached hydrogen (secondary N) is 1. The SMILES string of the molecule is COc1cccc(N[C@@H](CN(c2ccc(Oc3ccc(C)cc3)cc2)S(C)(=O)=O)C(N)=O)c1. The summed E-state index contributed by atoms with van der Waals surface area (Å²) in [7, 11) is -2.18. The molecule has 0 radical (unpaired) electrons. The van der Waals surface area contributed by atoms with Crippen molar-refractivity contribution in [1.82, 2.24) is 0 Å². The van der Waals surface area contributed by atoms with Crippen molar-refractivity contribution in [3.63, 3.8) is 0 Å². The Kier molecular flexibility index (Phi) is 7.44. The summed E-state index contributed by atoms with van der Waals surface area (Å²) in [6.07, 6.45) is 1.08. The number of nitrogens with two attached hydrogens (primary N) is 1. The Hall–Kier alpha value is -3.72. The van der Waals surface area contributed by atoms with Crippen molar-refractivity contribution in [1.29, 1.82) is 0 Å². The molecule has 0 fully saturated rings. The van der Waals surface area contributed by atoms with Gasteiger partial charge in [0.25, 0.3) is 0 Å². The van der Waals surface area contributed by atoms with Gasteiger partial charge in [-0.3, -0.25) is 9.10 Å². The fourth-order valence-electron chi connectivity index (χ4n) is 3.14. The molecule has 9 heteroatoms. The van der Waals surface area contributed by atoms with E-state index >= 15 is 0 Å². The molecule has 3 rings (SSSR count). The molecule has 0 aliphatic carbocycles. The number of ether oxygens (including phenoxy) is 2. The number of rotatable bonds is 10. The summed E-state index contributed by atoms with van der Waals surface area (Å²) in [6.45, 7) is 1.80. The van der Waals surface area contributed by atoms with Crippen LogP contribution in [0.3, 0.4) is 0 Å². The summed E-state index contributed by atoms with van der Waals surface area (Å²) in [6, 6.07) is 20.1. The first-order chi connectivity index (χ1) is 15.7. The lowest BCUT2D eigenvalue weighted by Crippen LogP contribution is -2.47. The van der Waals surface area contributed by atoms with Gasteiger partial charge in [-0.05, 0) is 55.5 Å². The van der Waals surface area contributed by atoms with Gasteiger partial charge in [-0.1, -0.05) is 23.8 Å². The second kappa shape index (κ2) is 10.3. The lowest BCUT2D eigenvalue weighted by atomic mass is 10.2. The topological polar surface area (TPSA) is 111 Å². The number of sulfonamides is 1. The highest BCUT2D eigenvalue weighted by atomic mass is 32.2. The molecule has 1 atom stereocenters. The van der Waals surface area contributed by atoms with Crippen LogP contribution < -0.4 is 24.8 Å². The van der Waals surface area contributed by atoms with Crippen LogP contribution in [0.4, 0.5) is 11.4 Å². The van der Waals surface area contributed by atoms with Gasteiger partial charge in [-0.25, -0.2) is 8.42 Å². The van der Waals surface area contributed by atoms with Gasteiger partial charge in [0, 0.05) is 11.8 Å². The molecule has 3 aromatic carbocycles. The van der Waals surface area contributed by atoms with Crippen LogP contribution in [0.15, 0.2) is 72.8 Å². The average molecular weight is 470 g/mol. The molecule has 1 amide bonds. The van der Waals surface area contributed by atoms with Crippen LogP contribution in [0.2, 0.25) is 0 Å². The van der Waals surface area contributed by atoms with E-state index in [1.165, 1.54) is 7.11 Å². The van der Waals surface area contributed by atoms with Crippen molar-refractivity contribution >= 4 is 27.3 Å². The molecular formula is C24H27N3O5S. The zero-order chi connectivity index (χ0) is 24.0. The monoisotopic (exact) mass is 469 g/mol. The van der Waals surface area contributed by atoms with E-state index in [9.17, 15) is 13.2 Å². The Morgan fingerprint density at radius 1 is 1.00 bits per heavy atom. The summed E-state index contributed by atoms with van der Waals surface area (Å²) in [5.41, 5.74) is 7.65. The quantitative estimate of drug-likeness (QED) is 0.470. The van der Waals surface area contributed by atoms with Crippen LogP contribution in [0.5, 0.6) is 17.2 Å². The molecule has 0 bridgehead atoms. The van der Waals surface area contributed by atoms with Crippen molar-refractivity contribution < 1.29 is 22.7 Å². The predicted octanol–water partition coefficient (Wildman–Crippen LogP) is 3.53. The number of carbonyl (C=O) groups excluding carboxylic acids is 1. The van der Waals surface area contributed by atoms with E-state index in [-0.39, 0.29) is 6.54 Å². The highest BCUT2D eigenvalue weighted by molar-refractivity contribution is 7.92. The minimum absolute atomic E-state index is 0.191. The molecule has 0 unspecified atom stereocenters. The van der Waals surface area contributed by atoms with E-state index < -0.39 is 22.0 Å².